The Hall–Kier alpha value is -2.84. The van der Waals surface area contributed by atoms with Crippen LogP contribution in [0.5, 0.6) is 11.5 Å². The minimum atomic E-state index is -0.302. The van der Waals surface area contributed by atoms with E-state index in [1.165, 1.54) is 0 Å². The van der Waals surface area contributed by atoms with Gasteiger partial charge < -0.3 is 20.1 Å². The van der Waals surface area contributed by atoms with Gasteiger partial charge in [-0.25, -0.2) is 0 Å². The third-order valence-corrected chi connectivity index (χ3v) is 2.92. The van der Waals surface area contributed by atoms with Crippen LogP contribution in [0.15, 0.2) is 18.2 Å². The summed E-state index contributed by atoms with van der Waals surface area (Å²) in [7, 11) is 0. The summed E-state index contributed by atoms with van der Waals surface area (Å²) >= 11 is 0. The van der Waals surface area contributed by atoms with E-state index >= 15 is 0 Å². The summed E-state index contributed by atoms with van der Waals surface area (Å²) in [5.74, 6) is 1.17. The summed E-state index contributed by atoms with van der Waals surface area (Å²) in [6, 6.07) is 5.43. The van der Waals surface area contributed by atoms with Crippen molar-refractivity contribution in [2.75, 3.05) is 13.2 Å². The molecule has 0 unspecified atom stereocenters. The second kappa shape index (κ2) is 8.32. The smallest absolute Gasteiger partial charge is 0.258 e. The van der Waals surface area contributed by atoms with Crippen molar-refractivity contribution in [3.8, 4) is 11.5 Å². The van der Waals surface area contributed by atoms with Gasteiger partial charge in [0, 0.05) is 12.1 Å². The fraction of sp³-hybridized carbons (Fsp3) is 0.500. The molecule has 0 fully saturated rings. The van der Waals surface area contributed by atoms with Crippen molar-refractivity contribution in [1.29, 1.82) is 0 Å². The Morgan fingerprint density at radius 3 is 2.72 bits per heavy atom. The van der Waals surface area contributed by atoms with Crippen molar-refractivity contribution in [3.05, 3.63) is 29.1 Å². The Bertz CT molecular complexity index is 682. The van der Waals surface area contributed by atoms with Crippen LogP contribution in [-0.2, 0) is 11.3 Å². The molecule has 9 heteroatoms. The minimum Gasteiger partial charge on any atom is -0.490 e. The number of carbonyl (C=O) groups excluding carboxylic acids is 1. The van der Waals surface area contributed by atoms with Gasteiger partial charge in [0.05, 0.1) is 12.6 Å². The largest absolute Gasteiger partial charge is 0.490 e. The summed E-state index contributed by atoms with van der Waals surface area (Å²) in [4.78, 5) is 11.9. The average Bonchev–Trinajstić information content (AvgIpc) is 3.04. The van der Waals surface area contributed by atoms with Crippen LogP contribution in [0.1, 0.15) is 33.3 Å². The van der Waals surface area contributed by atoms with Gasteiger partial charge in [0.1, 0.15) is 0 Å². The molecule has 0 atom stereocenters. The molecule has 0 bridgehead atoms. The van der Waals surface area contributed by atoms with Gasteiger partial charge in [0.2, 0.25) is 0 Å². The Balaban J connectivity index is 1.98. The molecule has 0 aliphatic rings. The van der Waals surface area contributed by atoms with Crippen LogP contribution in [0, 0.1) is 0 Å². The molecule has 1 heterocycles. The Morgan fingerprint density at radius 2 is 2.08 bits per heavy atom. The normalized spacial score (nSPS) is 11.0. The quantitative estimate of drug-likeness (QED) is 0.755. The third-order valence-electron chi connectivity index (χ3n) is 2.92. The van der Waals surface area contributed by atoms with Crippen LogP contribution >= 0.6 is 0 Å². The monoisotopic (exact) mass is 347 g/mol. The maximum absolute atomic E-state index is 11.9. The van der Waals surface area contributed by atoms with Gasteiger partial charge in [-0.05, 0) is 45.4 Å². The first-order valence-electron chi connectivity index (χ1n) is 7.98. The SMILES string of the molecule is CCOc1cc(C[N-]c2nn[nH]n2)ccc1OCC(=O)NC(C)(C)C. The molecule has 0 spiro atoms. The van der Waals surface area contributed by atoms with E-state index in [1.54, 1.807) is 6.07 Å². The number of amides is 1. The Kier molecular flexibility index (Phi) is 6.15. The number of aromatic amines is 1. The standard InChI is InChI=1S/C16H24N6O3/c1-5-24-13-8-11(9-17-15-19-21-22-20-15)6-7-12(13)25-10-14(23)18-16(2,3)4/h6-8H,5,9-10H2,1-4H3,(H3,17,18,19,20,21,22,23)/p-1. The molecule has 2 rings (SSSR count). The molecule has 0 saturated carbocycles. The van der Waals surface area contributed by atoms with E-state index in [-0.39, 0.29) is 24.0 Å². The lowest BCUT2D eigenvalue weighted by Crippen LogP contribution is -2.43. The lowest BCUT2D eigenvalue weighted by Gasteiger charge is -2.21. The molecule has 1 aromatic heterocycles. The molecule has 1 aromatic carbocycles. The first-order valence-corrected chi connectivity index (χ1v) is 7.98. The topological polar surface area (TPSA) is 116 Å². The van der Waals surface area contributed by atoms with Gasteiger partial charge in [0.25, 0.3) is 5.91 Å². The fourth-order valence-corrected chi connectivity index (χ4v) is 2.02. The zero-order valence-corrected chi connectivity index (χ0v) is 14.9. The highest BCUT2D eigenvalue weighted by Crippen LogP contribution is 2.29. The van der Waals surface area contributed by atoms with Crippen molar-refractivity contribution in [1.82, 2.24) is 25.9 Å². The molecular weight excluding hydrogens is 324 g/mol. The number of ether oxygens (including phenoxy) is 2. The minimum absolute atomic E-state index is 0.0794. The average molecular weight is 347 g/mol. The number of nitrogens with zero attached hydrogens (tertiary/aromatic N) is 4. The predicted molar refractivity (Wildman–Crippen MR) is 91.9 cm³/mol. The van der Waals surface area contributed by atoms with Gasteiger partial charge in [-0.3, -0.25) is 20.2 Å². The van der Waals surface area contributed by atoms with Crippen molar-refractivity contribution >= 4 is 11.9 Å². The van der Waals surface area contributed by atoms with Crippen LogP contribution in [0.4, 0.5) is 5.95 Å². The highest BCUT2D eigenvalue weighted by atomic mass is 16.5. The first-order chi connectivity index (χ1) is 11.9. The summed E-state index contributed by atoms with van der Waals surface area (Å²) in [6.45, 7) is 8.41. The Morgan fingerprint density at radius 1 is 1.28 bits per heavy atom. The first kappa shape index (κ1) is 18.5. The number of aromatic nitrogens is 4. The van der Waals surface area contributed by atoms with Crippen molar-refractivity contribution in [2.45, 2.75) is 39.8 Å². The van der Waals surface area contributed by atoms with Crippen LogP contribution < -0.4 is 14.8 Å². The number of carbonyl (C=O) groups is 1. The summed E-state index contributed by atoms with van der Waals surface area (Å²) in [5.41, 5.74) is 0.601. The van der Waals surface area contributed by atoms with E-state index in [2.05, 4.69) is 31.3 Å². The van der Waals surface area contributed by atoms with E-state index in [1.807, 2.05) is 39.8 Å². The predicted octanol–water partition coefficient (Wildman–Crippen LogP) is 2.10. The summed E-state index contributed by atoms with van der Waals surface area (Å²) in [5, 5.41) is 20.4. The van der Waals surface area contributed by atoms with Gasteiger partial charge >= 0.3 is 0 Å². The zero-order chi connectivity index (χ0) is 18.3. The fourth-order valence-electron chi connectivity index (χ4n) is 2.02. The van der Waals surface area contributed by atoms with Gasteiger partial charge in [-0.2, -0.15) is 0 Å². The molecule has 1 amide bonds. The molecule has 0 saturated heterocycles. The maximum atomic E-state index is 11.9. The van der Waals surface area contributed by atoms with E-state index in [0.29, 0.717) is 24.7 Å². The molecule has 0 aliphatic heterocycles. The van der Waals surface area contributed by atoms with Crippen molar-refractivity contribution < 1.29 is 14.3 Å². The number of hydrogen-bond acceptors (Lipinski definition) is 6. The summed E-state index contributed by atoms with van der Waals surface area (Å²) < 4.78 is 11.2. The summed E-state index contributed by atoms with van der Waals surface area (Å²) in [6.07, 6.45) is 0. The molecule has 2 aromatic rings. The molecule has 136 valence electrons. The zero-order valence-electron chi connectivity index (χ0n) is 14.9. The lowest BCUT2D eigenvalue weighted by molar-refractivity contribution is -0.124. The highest BCUT2D eigenvalue weighted by Gasteiger charge is 2.15. The van der Waals surface area contributed by atoms with Crippen LogP contribution in [0.2, 0.25) is 0 Å². The molecular formula is C16H23N6O3-. The number of benzene rings is 1. The maximum Gasteiger partial charge on any atom is 0.258 e. The number of nitrogens with one attached hydrogen (secondary N) is 2. The molecule has 0 aliphatic carbocycles. The van der Waals surface area contributed by atoms with Gasteiger partial charge in [-0.15, -0.1) is 5.21 Å². The van der Waals surface area contributed by atoms with Crippen LogP contribution in [0.25, 0.3) is 5.32 Å². The van der Waals surface area contributed by atoms with E-state index in [0.717, 1.165) is 5.56 Å². The Labute approximate surface area is 146 Å². The lowest BCUT2D eigenvalue weighted by atomic mass is 10.1. The van der Waals surface area contributed by atoms with E-state index in [9.17, 15) is 4.79 Å². The van der Waals surface area contributed by atoms with E-state index in [4.69, 9.17) is 9.47 Å². The number of H-pyrrole nitrogens is 1. The molecule has 2 N–H and O–H groups in total. The molecule has 25 heavy (non-hydrogen) atoms. The van der Waals surface area contributed by atoms with Crippen LogP contribution in [0.3, 0.4) is 0 Å². The number of tetrazole rings is 1. The van der Waals surface area contributed by atoms with E-state index < -0.39 is 0 Å². The van der Waals surface area contributed by atoms with Crippen molar-refractivity contribution in [2.24, 2.45) is 0 Å². The van der Waals surface area contributed by atoms with Crippen LogP contribution in [-0.4, -0.2) is 45.3 Å². The molecule has 9 nitrogen and oxygen atoms in total. The van der Waals surface area contributed by atoms with Crippen molar-refractivity contribution in [3.63, 3.8) is 0 Å². The molecule has 0 radical (unpaired) electrons. The van der Waals surface area contributed by atoms with Gasteiger partial charge in [0.15, 0.2) is 18.1 Å². The second-order valence-corrected chi connectivity index (χ2v) is 6.33. The number of rotatable bonds is 8. The number of hydrogen-bond donors (Lipinski definition) is 2. The third kappa shape index (κ3) is 6.28. The van der Waals surface area contributed by atoms with Gasteiger partial charge in [-0.1, -0.05) is 6.07 Å². The highest BCUT2D eigenvalue weighted by molar-refractivity contribution is 5.78. The second-order valence-electron chi connectivity index (χ2n) is 6.33.